The number of rotatable bonds is 1. The number of nitrogens with zero attached hydrogens (tertiary/aromatic N) is 1. The molecule has 3 nitrogen and oxygen atoms in total. The van der Waals surface area contributed by atoms with Gasteiger partial charge in [0.1, 0.15) is 0 Å². The van der Waals surface area contributed by atoms with E-state index in [0.717, 1.165) is 4.90 Å². The largest absolute Gasteiger partial charge is 0.269 e. The van der Waals surface area contributed by atoms with Crippen LogP contribution < -0.4 is 0 Å². The van der Waals surface area contributed by atoms with Gasteiger partial charge < -0.3 is 0 Å². The van der Waals surface area contributed by atoms with Crippen LogP contribution >= 0.6 is 12.6 Å². The minimum Gasteiger partial charge on any atom is -0.269 e. The zero-order valence-electron chi connectivity index (χ0n) is 6.25. The second-order valence-electron chi connectivity index (χ2n) is 1.77. The molecular weight excluding hydrogens is 207 g/mol. The highest BCUT2D eigenvalue weighted by atomic mass is 32.1. The predicted octanol–water partition coefficient (Wildman–Crippen LogP) is 2.34. The summed E-state index contributed by atoms with van der Waals surface area (Å²) in [5, 5.41) is 10.1. The second kappa shape index (κ2) is 7.41. The Bertz CT molecular complexity index is 255. The Hall–Kier alpha value is -1.24. The summed E-state index contributed by atoms with van der Waals surface area (Å²) in [5.41, 5.74) is 0.0952. The van der Waals surface area contributed by atoms with Crippen molar-refractivity contribution in [3.05, 3.63) is 34.4 Å². The van der Waals surface area contributed by atoms with Crippen LogP contribution in [0, 0.1) is 10.1 Å². The molecule has 0 fully saturated rings. The van der Waals surface area contributed by atoms with Gasteiger partial charge in [-0.15, -0.1) is 12.6 Å². The molecule has 13 heavy (non-hydrogen) atoms. The summed E-state index contributed by atoms with van der Waals surface area (Å²) in [6.07, 6.45) is 0. The van der Waals surface area contributed by atoms with Gasteiger partial charge in [-0.1, -0.05) is 0 Å². The van der Waals surface area contributed by atoms with E-state index in [1.807, 2.05) is 0 Å². The maximum Gasteiger partial charge on any atom is 0.269 e. The van der Waals surface area contributed by atoms with Crippen LogP contribution in [0.4, 0.5) is 19.8 Å². The lowest BCUT2D eigenvalue weighted by atomic mass is 10.3. The van der Waals surface area contributed by atoms with Crippen LogP contribution in [0.1, 0.15) is 0 Å². The maximum atomic E-state index is 10.1. The molecule has 0 heterocycles. The van der Waals surface area contributed by atoms with Gasteiger partial charge in [-0.3, -0.25) is 24.2 Å². The Morgan fingerprint density at radius 3 is 1.77 bits per heavy atom. The summed E-state index contributed by atoms with van der Waals surface area (Å²) in [4.78, 5) is 10.4. The molecule has 0 aromatic heterocycles. The Kier molecular flexibility index (Phi) is 10.1. The van der Waals surface area contributed by atoms with E-state index in [2.05, 4.69) is 12.6 Å². The fraction of sp³-hybridized carbons (Fsp3) is 0. The topological polar surface area (TPSA) is 43.1 Å². The third kappa shape index (κ3) is 5.07. The first-order chi connectivity index (χ1) is 4.70. The van der Waals surface area contributed by atoms with Crippen LogP contribution in [0.25, 0.3) is 0 Å². The van der Waals surface area contributed by atoms with E-state index in [0.29, 0.717) is 0 Å². The van der Waals surface area contributed by atoms with Gasteiger partial charge in [0.15, 0.2) is 0 Å². The van der Waals surface area contributed by atoms with E-state index < -0.39 is 4.92 Å². The second-order valence-corrected chi connectivity index (χ2v) is 2.29. The molecule has 0 amide bonds. The third-order valence-corrected chi connectivity index (χ3v) is 1.36. The standard InChI is InChI=1S/C6H5NO2S.3FH/c8-7(9)5-1-3-6(10)4-2-5;;;/h1-4,10H;3*1H. The van der Waals surface area contributed by atoms with Crippen molar-refractivity contribution in [1.29, 1.82) is 0 Å². The molecule has 7 heteroatoms. The van der Waals surface area contributed by atoms with Crippen molar-refractivity contribution in [3.8, 4) is 0 Å². The molecule has 0 bridgehead atoms. The fourth-order valence-corrected chi connectivity index (χ4v) is 0.723. The quantitative estimate of drug-likeness (QED) is 0.444. The van der Waals surface area contributed by atoms with E-state index in [4.69, 9.17) is 0 Å². The molecule has 0 aliphatic carbocycles. The van der Waals surface area contributed by atoms with E-state index >= 15 is 0 Å². The smallest absolute Gasteiger partial charge is 0.269 e. The lowest BCUT2D eigenvalue weighted by Crippen LogP contribution is -1.85. The molecule has 1 aromatic rings. The lowest BCUT2D eigenvalue weighted by Gasteiger charge is -1.89. The number of benzene rings is 1. The van der Waals surface area contributed by atoms with Crippen LogP contribution in [0.15, 0.2) is 29.2 Å². The molecule has 76 valence electrons. The molecule has 0 aliphatic heterocycles. The lowest BCUT2D eigenvalue weighted by molar-refractivity contribution is -0.384. The average Bonchev–Trinajstić information content (AvgIpc) is 1.88. The third-order valence-electron chi connectivity index (χ3n) is 1.06. The van der Waals surface area contributed by atoms with Crippen LogP contribution in [-0.4, -0.2) is 4.92 Å². The summed E-state index contributed by atoms with van der Waals surface area (Å²) in [5.74, 6) is 0. The average molecular weight is 215 g/mol. The molecule has 1 aromatic carbocycles. The molecule has 0 saturated carbocycles. The van der Waals surface area contributed by atoms with Gasteiger partial charge in [-0.05, 0) is 12.1 Å². The van der Waals surface area contributed by atoms with Crippen LogP contribution in [0.5, 0.6) is 0 Å². The summed E-state index contributed by atoms with van der Waals surface area (Å²) >= 11 is 3.98. The Labute approximate surface area is 77.4 Å². The maximum absolute atomic E-state index is 10.1. The van der Waals surface area contributed by atoms with E-state index in [-0.39, 0.29) is 19.8 Å². The van der Waals surface area contributed by atoms with Crippen molar-refractivity contribution in [2.45, 2.75) is 4.90 Å². The van der Waals surface area contributed by atoms with Gasteiger partial charge in [0.05, 0.1) is 4.92 Å². The van der Waals surface area contributed by atoms with Gasteiger partial charge >= 0.3 is 0 Å². The number of hydrogen-bond acceptors (Lipinski definition) is 3. The molecule has 0 aliphatic rings. The van der Waals surface area contributed by atoms with Crippen molar-refractivity contribution in [2.24, 2.45) is 0 Å². The van der Waals surface area contributed by atoms with Crippen molar-refractivity contribution >= 4 is 18.3 Å². The highest BCUT2D eigenvalue weighted by Gasteiger charge is 2.00. The van der Waals surface area contributed by atoms with Crippen molar-refractivity contribution in [1.82, 2.24) is 0 Å². The molecule has 0 saturated heterocycles. The highest BCUT2D eigenvalue weighted by Crippen LogP contribution is 2.13. The van der Waals surface area contributed by atoms with Crippen LogP contribution in [0.3, 0.4) is 0 Å². The molecule has 1 rings (SSSR count). The first-order valence-electron chi connectivity index (χ1n) is 2.63. The van der Waals surface area contributed by atoms with Gasteiger partial charge in [0, 0.05) is 17.0 Å². The Morgan fingerprint density at radius 1 is 1.08 bits per heavy atom. The van der Waals surface area contributed by atoms with Crippen LogP contribution in [0.2, 0.25) is 0 Å². The first kappa shape index (κ1) is 17.7. The van der Waals surface area contributed by atoms with Crippen molar-refractivity contribution < 1.29 is 19.0 Å². The minimum atomic E-state index is -0.437. The monoisotopic (exact) mass is 215 g/mol. The number of hydrogen-bond donors (Lipinski definition) is 1. The number of halogens is 3. The van der Waals surface area contributed by atoms with Gasteiger partial charge in [0.25, 0.3) is 5.69 Å². The van der Waals surface area contributed by atoms with Gasteiger partial charge in [-0.2, -0.15) is 0 Å². The summed E-state index contributed by atoms with van der Waals surface area (Å²) < 4.78 is 0. The summed E-state index contributed by atoms with van der Waals surface area (Å²) in [6, 6.07) is 6.01. The van der Waals surface area contributed by atoms with Crippen LogP contribution in [-0.2, 0) is 0 Å². The first-order valence-corrected chi connectivity index (χ1v) is 3.08. The Balaban J connectivity index is -0.000000333. The zero-order chi connectivity index (χ0) is 7.56. The van der Waals surface area contributed by atoms with E-state index in [1.54, 1.807) is 12.1 Å². The molecule has 0 unspecified atom stereocenters. The van der Waals surface area contributed by atoms with Gasteiger partial charge in [0.2, 0.25) is 0 Å². The van der Waals surface area contributed by atoms with Crippen molar-refractivity contribution in [2.75, 3.05) is 0 Å². The molecule has 0 N–H and O–H groups in total. The summed E-state index contributed by atoms with van der Waals surface area (Å²) in [6.45, 7) is 0. The van der Waals surface area contributed by atoms with Gasteiger partial charge in [-0.25, -0.2) is 0 Å². The summed E-state index contributed by atoms with van der Waals surface area (Å²) in [7, 11) is 0. The molecule has 0 radical (unpaired) electrons. The molecular formula is C6H8F3NO2S. The number of nitro groups is 1. The highest BCUT2D eigenvalue weighted by molar-refractivity contribution is 7.80. The predicted molar refractivity (Wildman–Crippen MR) is 47.9 cm³/mol. The van der Waals surface area contributed by atoms with E-state index in [1.165, 1.54) is 12.1 Å². The SMILES string of the molecule is F.F.F.O=[N+]([O-])c1ccc(S)cc1. The van der Waals surface area contributed by atoms with Crippen molar-refractivity contribution in [3.63, 3.8) is 0 Å². The molecule has 0 spiro atoms. The number of thiol groups is 1. The fourth-order valence-electron chi connectivity index (χ4n) is 0.574. The molecule has 0 atom stereocenters. The number of non-ortho nitro benzene ring substituents is 1. The number of nitro benzene ring substituents is 1. The normalized spacial score (nSPS) is 7.15. The zero-order valence-corrected chi connectivity index (χ0v) is 7.14. The Morgan fingerprint density at radius 2 is 1.46 bits per heavy atom. The van der Waals surface area contributed by atoms with E-state index in [9.17, 15) is 10.1 Å². The minimum absolute atomic E-state index is 0.